The molecule has 0 atom stereocenters. The van der Waals surface area contributed by atoms with E-state index in [1.165, 1.54) is 15.7 Å². The number of aromatic nitrogens is 3. The minimum absolute atomic E-state index is 0.113. The van der Waals surface area contributed by atoms with E-state index in [-0.39, 0.29) is 5.95 Å². The highest BCUT2D eigenvalue weighted by Gasteiger charge is 2.10. The maximum absolute atomic E-state index is 11.9. The molecule has 0 amide bonds. The third-order valence-electron chi connectivity index (χ3n) is 3.63. The fourth-order valence-electron chi connectivity index (χ4n) is 2.26. The van der Waals surface area contributed by atoms with Gasteiger partial charge in [-0.3, -0.25) is 5.43 Å². The van der Waals surface area contributed by atoms with Gasteiger partial charge in [0.1, 0.15) is 5.82 Å². The highest BCUT2D eigenvalue weighted by Crippen LogP contribution is 2.29. The number of fused-ring (bicyclic) bond motifs is 1. The van der Waals surface area contributed by atoms with Gasteiger partial charge in [0.25, 0.3) is 0 Å². The van der Waals surface area contributed by atoms with E-state index in [1.807, 2.05) is 6.92 Å². The average Bonchev–Trinajstić information content (AvgIpc) is 2.58. The molecule has 2 aliphatic carbocycles. The van der Waals surface area contributed by atoms with E-state index >= 15 is 0 Å². The fraction of sp³-hybridized carbons (Fsp3) is 0.118. The van der Waals surface area contributed by atoms with Crippen LogP contribution in [-0.4, -0.2) is 14.5 Å². The Bertz CT molecular complexity index is 883. The van der Waals surface area contributed by atoms with E-state index in [4.69, 9.17) is 17.4 Å². The first kappa shape index (κ1) is 16.2. The number of nitrogen functional groups attached to an aromatic ring is 1. The first-order valence-corrected chi connectivity index (χ1v) is 7.83. The van der Waals surface area contributed by atoms with Crippen LogP contribution in [0, 0.1) is 0 Å². The van der Waals surface area contributed by atoms with Crippen LogP contribution in [0.3, 0.4) is 0 Å². The zero-order valence-electron chi connectivity index (χ0n) is 13.0. The molecular formula is C17H16ClN5O. The second kappa shape index (κ2) is 6.82. The molecule has 0 bridgehead atoms. The van der Waals surface area contributed by atoms with Crippen LogP contribution in [0.5, 0.6) is 0 Å². The summed E-state index contributed by atoms with van der Waals surface area (Å²) in [7, 11) is 0. The summed E-state index contributed by atoms with van der Waals surface area (Å²) in [6, 6.07) is 15.4. The van der Waals surface area contributed by atoms with Crippen LogP contribution >= 0.6 is 11.6 Å². The summed E-state index contributed by atoms with van der Waals surface area (Å²) in [5, 5.41) is 0.603. The second-order valence-electron chi connectivity index (χ2n) is 5.13. The van der Waals surface area contributed by atoms with Gasteiger partial charge in [-0.25, -0.2) is 15.2 Å². The molecule has 122 valence electrons. The van der Waals surface area contributed by atoms with E-state index in [9.17, 15) is 4.79 Å². The van der Waals surface area contributed by atoms with Gasteiger partial charge in [-0.05, 0) is 35.4 Å². The molecule has 0 unspecified atom stereocenters. The average molecular weight is 342 g/mol. The van der Waals surface area contributed by atoms with Crippen molar-refractivity contribution in [3.05, 3.63) is 69.9 Å². The summed E-state index contributed by atoms with van der Waals surface area (Å²) in [5.74, 6) is 5.90. The summed E-state index contributed by atoms with van der Waals surface area (Å²) >= 11 is 5.82. The van der Waals surface area contributed by atoms with Crippen molar-refractivity contribution in [1.29, 1.82) is 0 Å². The number of nitrogens with one attached hydrogen (secondary N) is 1. The number of nitrogens with two attached hydrogens (primary N) is 1. The summed E-state index contributed by atoms with van der Waals surface area (Å²) < 4.78 is 1.43. The van der Waals surface area contributed by atoms with Crippen molar-refractivity contribution in [2.75, 3.05) is 5.43 Å². The van der Waals surface area contributed by atoms with Gasteiger partial charge in [0.05, 0.1) is 5.69 Å². The second-order valence-corrected chi connectivity index (χ2v) is 5.57. The van der Waals surface area contributed by atoms with E-state index < -0.39 is 5.69 Å². The lowest BCUT2D eigenvalue weighted by Gasteiger charge is -2.11. The molecule has 24 heavy (non-hydrogen) atoms. The normalized spacial score (nSPS) is 10.6. The van der Waals surface area contributed by atoms with Crippen LogP contribution in [0.1, 0.15) is 12.7 Å². The van der Waals surface area contributed by atoms with E-state index in [1.54, 1.807) is 24.3 Å². The topological polar surface area (TPSA) is 85.8 Å². The summed E-state index contributed by atoms with van der Waals surface area (Å²) in [6.45, 7) is 1.90. The number of anilines is 1. The molecule has 0 aliphatic heterocycles. The lowest BCUT2D eigenvalue weighted by Crippen LogP contribution is -2.28. The van der Waals surface area contributed by atoms with Gasteiger partial charge in [0, 0.05) is 11.4 Å². The molecule has 0 saturated carbocycles. The number of hydrogen-bond donors (Lipinski definition) is 2. The van der Waals surface area contributed by atoms with Gasteiger partial charge >= 0.3 is 5.69 Å². The predicted molar refractivity (Wildman–Crippen MR) is 95.3 cm³/mol. The maximum Gasteiger partial charge on any atom is 0.356 e. The van der Waals surface area contributed by atoms with Gasteiger partial charge in [-0.2, -0.15) is 9.97 Å². The molecule has 1 aromatic heterocycles. The molecule has 3 N–H and O–H groups in total. The minimum Gasteiger partial charge on any atom is -0.292 e. The van der Waals surface area contributed by atoms with Crippen molar-refractivity contribution in [1.82, 2.24) is 14.5 Å². The number of hydrazine groups is 1. The smallest absolute Gasteiger partial charge is 0.292 e. The molecule has 7 heteroatoms. The number of rotatable bonds is 3. The quantitative estimate of drug-likeness (QED) is 0.442. The van der Waals surface area contributed by atoms with Crippen LogP contribution < -0.4 is 17.0 Å². The van der Waals surface area contributed by atoms with E-state index in [0.29, 0.717) is 23.0 Å². The van der Waals surface area contributed by atoms with Crippen molar-refractivity contribution in [3.63, 3.8) is 0 Å². The standard InChI is InChI=1S/C11H12ClN5O.C6H4/c1-2-9-14-10(16-13)15-11(18)17(9)8-5-3-7(12)4-6-8;1-2-6-4-3-5(1)6/h3-6H,2,13H2,1H3,(H,15,16,18);1-4H. The van der Waals surface area contributed by atoms with Gasteiger partial charge in [-0.15, -0.1) is 0 Å². The third kappa shape index (κ3) is 3.15. The Kier molecular flexibility index (Phi) is 4.59. The van der Waals surface area contributed by atoms with Crippen molar-refractivity contribution in [2.24, 2.45) is 5.84 Å². The fourth-order valence-corrected chi connectivity index (χ4v) is 2.39. The van der Waals surface area contributed by atoms with Gasteiger partial charge in [0.2, 0.25) is 5.95 Å². The van der Waals surface area contributed by atoms with Crippen molar-refractivity contribution < 1.29 is 0 Å². The van der Waals surface area contributed by atoms with Crippen molar-refractivity contribution in [2.45, 2.75) is 13.3 Å². The molecular weight excluding hydrogens is 326 g/mol. The summed E-state index contributed by atoms with van der Waals surface area (Å²) in [5.41, 5.74) is 5.36. The summed E-state index contributed by atoms with van der Waals surface area (Å²) in [6.07, 6.45) is 0.578. The molecule has 1 aromatic carbocycles. The zero-order valence-corrected chi connectivity index (χ0v) is 13.8. The lowest BCUT2D eigenvalue weighted by atomic mass is 9.95. The molecule has 0 spiro atoms. The van der Waals surface area contributed by atoms with Crippen molar-refractivity contribution in [3.8, 4) is 16.8 Å². The van der Waals surface area contributed by atoms with Crippen LogP contribution in [0.4, 0.5) is 5.95 Å². The number of halogens is 1. The third-order valence-corrected chi connectivity index (χ3v) is 3.89. The SMILES string of the molecule is CCc1nc(NN)nc(=O)n1-c1ccc(Cl)cc1.c1cc2ccc1-2. The Morgan fingerprint density at radius 2 is 1.62 bits per heavy atom. The first-order chi connectivity index (χ1) is 11.6. The number of hydrogen-bond acceptors (Lipinski definition) is 5. The Labute approximate surface area is 143 Å². The molecule has 4 rings (SSSR count). The lowest BCUT2D eigenvalue weighted by molar-refractivity contribution is 0.770. The summed E-state index contributed by atoms with van der Waals surface area (Å²) in [4.78, 5) is 19.8. The first-order valence-electron chi connectivity index (χ1n) is 7.45. The Balaban J connectivity index is 0.000000231. The molecule has 2 aromatic rings. The minimum atomic E-state index is -0.433. The van der Waals surface area contributed by atoms with Gasteiger partial charge in [-0.1, -0.05) is 42.8 Å². The van der Waals surface area contributed by atoms with Crippen molar-refractivity contribution >= 4 is 17.5 Å². The predicted octanol–water partition coefficient (Wildman–Crippen LogP) is 2.80. The highest BCUT2D eigenvalue weighted by molar-refractivity contribution is 6.30. The highest BCUT2D eigenvalue weighted by atomic mass is 35.5. The van der Waals surface area contributed by atoms with Gasteiger partial charge < -0.3 is 0 Å². The largest absolute Gasteiger partial charge is 0.356 e. The number of nitrogens with zero attached hydrogens (tertiary/aromatic N) is 3. The van der Waals surface area contributed by atoms with E-state index in [2.05, 4.69) is 39.7 Å². The molecule has 0 fully saturated rings. The Morgan fingerprint density at radius 1 is 1.04 bits per heavy atom. The Morgan fingerprint density at radius 3 is 2.04 bits per heavy atom. The molecule has 0 radical (unpaired) electrons. The Hall–Kier alpha value is -2.70. The van der Waals surface area contributed by atoms with Crippen LogP contribution in [0.25, 0.3) is 16.8 Å². The monoisotopic (exact) mass is 341 g/mol. The maximum atomic E-state index is 11.9. The van der Waals surface area contributed by atoms with Crippen LogP contribution in [0.15, 0.2) is 53.3 Å². The molecule has 2 aliphatic rings. The molecule has 6 nitrogen and oxygen atoms in total. The van der Waals surface area contributed by atoms with Gasteiger partial charge in [0.15, 0.2) is 0 Å². The van der Waals surface area contributed by atoms with Crippen LogP contribution in [0.2, 0.25) is 5.02 Å². The number of benzene rings is 2. The van der Waals surface area contributed by atoms with Crippen LogP contribution in [-0.2, 0) is 6.42 Å². The molecule has 0 saturated heterocycles. The number of aryl methyl sites for hydroxylation is 1. The van der Waals surface area contributed by atoms with E-state index in [0.717, 1.165) is 0 Å². The zero-order chi connectivity index (χ0) is 17.1. The molecule has 1 heterocycles.